The molecule has 1 N–H and O–H groups in total. The van der Waals surface area contributed by atoms with Crippen LogP contribution in [-0.2, 0) is 0 Å². The number of hydrogen-bond donors (Lipinski definition) is 1. The highest BCUT2D eigenvalue weighted by Gasteiger charge is 2.26. The summed E-state index contributed by atoms with van der Waals surface area (Å²) in [4.78, 5) is 20.5. The van der Waals surface area contributed by atoms with Gasteiger partial charge in [-0.25, -0.2) is 19.9 Å². The van der Waals surface area contributed by atoms with Crippen LogP contribution in [0.1, 0.15) is 55.6 Å². The van der Waals surface area contributed by atoms with E-state index in [0.29, 0.717) is 23.2 Å². The zero-order chi connectivity index (χ0) is 25.4. The van der Waals surface area contributed by atoms with Gasteiger partial charge in [0.2, 0.25) is 11.6 Å². The van der Waals surface area contributed by atoms with E-state index in [1.54, 1.807) is 6.20 Å². The third-order valence-corrected chi connectivity index (χ3v) is 6.73. The van der Waals surface area contributed by atoms with Crippen LogP contribution >= 0.6 is 0 Å². The molecule has 0 unspecified atom stereocenters. The number of anilines is 3. The van der Waals surface area contributed by atoms with Gasteiger partial charge < -0.3 is 10.2 Å². The lowest BCUT2D eigenvalue weighted by atomic mass is 9.96. The summed E-state index contributed by atoms with van der Waals surface area (Å²) < 4.78 is 3.54. The molecule has 0 aliphatic carbocycles. The van der Waals surface area contributed by atoms with Crippen LogP contribution in [0, 0.1) is 6.92 Å². The summed E-state index contributed by atoms with van der Waals surface area (Å²) >= 11 is 0. The number of pyridine rings is 1. The Labute approximate surface area is 213 Å². The Morgan fingerprint density at radius 3 is 2.54 bits per heavy atom. The second-order valence-electron chi connectivity index (χ2n) is 9.44. The van der Waals surface area contributed by atoms with Gasteiger partial charge in [-0.15, -0.1) is 15.3 Å². The molecule has 1 aliphatic rings. The van der Waals surface area contributed by atoms with Crippen molar-refractivity contribution in [2.75, 3.05) is 23.3 Å². The number of hydrogen-bond acceptors (Lipinski definition) is 11. The van der Waals surface area contributed by atoms with E-state index in [-0.39, 0.29) is 5.92 Å². The number of nitrogens with zero attached hydrogens (tertiary/aromatic N) is 12. The van der Waals surface area contributed by atoms with Gasteiger partial charge in [-0.3, -0.25) is 4.40 Å². The number of aryl methyl sites for hydroxylation is 1. The van der Waals surface area contributed by atoms with Gasteiger partial charge in [-0.05, 0) is 53.8 Å². The first-order valence-electron chi connectivity index (χ1n) is 12.3. The van der Waals surface area contributed by atoms with Crippen LogP contribution in [0.5, 0.6) is 0 Å². The van der Waals surface area contributed by atoms with Gasteiger partial charge in [0.25, 0.3) is 0 Å². The summed E-state index contributed by atoms with van der Waals surface area (Å²) in [5.41, 5.74) is 3.43. The molecular weight excluding hydrogens is 470 g/mol. The Bertz CT molecular complexity index is 1500. The standard InChI is InChI=1S/C24H27N13/c1-15(2)18-12-26-24(27-13-18)35-9-6-17(7-10-35)22-31-32-23-21(25-8-11-36(22)23)30-19-4-5-20(29-16(19)3)37-14-28-33-34-37/h4-5,8,11-15,17H,6-7,9-10H2,1-3H3,(H,25,30). The smallest absolute Gasteiger partial charge is 0.225 e. The van der Waals surface area contributed by atoms with Gasteiger partial charge in [-0.1, -0.05) is 13.8 Å². The number of nitrogens with one attached hydrogen (secondary N) is 1. The van der Waals surface area contributed by atoms with Crippen LogP contribution < -0.4 is 10.2 Å². The topological polar surface area (TPSA) is 141 Å². The third kappa shape index (κ3) is 4.43. The fourth-order valence-corrected chi connectivity index (χ4v) is 4.54. The van der Waals surface area contributed by atoms with Crippen LogP contribution in [0.2, 0.25) is 0 Å². The van der Waals surface area contributed by atoms with Crippen molar-refractivity contribution in [3.63, 3.8) is 0 Å². The lowest BCUT2D eigenvalue weighted by Gasteiger charge is -2.31. The lowest BCUT2D eigenvalue weighted by molar-refractivity contribution is 0.477. The van der Waals surface area contributed by atoms with Crippen LogP contribution in [0.25, 0.3) is 11.5 Å². The number of aromatic nitrogens is 11. The van der Waals surface area contributed by atoms with E-state index in [2.05, 4.69) is 69.7 Å². The van der Waals surface area contributed by atoms with Crippen LogP contribution in [-0.4, -0.2) is 67.8 Å². The Kier molecular flexibility index (Phi) is 5.87. The van der Waals surface area contributed by atoms with E-state index in [4.69, 9.17) is 0 Å². The summed E-state index contributed by atoms with van der Waals surface area (Å²) in [5, 5.41) is 23.6. The molecule has 0 spiro atoms. The van der Waals surface area contributed by atoms with E-state index in [0.717, 1.165) is 54.6 Å². The number of tetrazole rings is 1. The SMILES string of the molecule is Cc1nc(-n2cnnn2)ccc1Nc1nccn2c(C3CCN(c4ncc(C(C)C)cn4)CC3)nnc12. The number of fused-ring (bicyclic) bond motifs is 1. The summed E-state index contributed by atoms with van der Waals surface area (Å²) in [5.74, 6) is 3.70. The van der Waals surface area contributed by atoms with E-state index in [9.17, 15) is 0 Å². The second kappa shape index (κ2) is 9.48. The van der Waals surface area contributed by atoms with Gasteiger partial charge in [0, 0.05) is 43.8 Å². The Morgan fingerprint density at radius 1 is 1.03 bits per heavy atom. The Morgan fingerprint density at radius 2 is 1.84 bits per heavy atom. The molecule has 1 saturated heterocycles. The van der Waals surface area contributed by atoms with Gasteiger partial charge in [0.05, 0.1) is 11.4 Å². The fraction of sp³-hybridized carbons (Fsp3) is 0.375. The zero-order valence-electron chi connectivity index (χ0n) is 20.9. The highest BCUT2D eigenvalue weighted by atomic mass is 15.5. The molecule has 5 aromatic rings. The maximum atomic E-state index is 4.59. The van der Waals surface area contributed by atoms with Gasteiger partial charge in [-0.2, -0.15) is 4.68 Å². The monoisotopic (exact) mass is 497 g/mol. The van der Waals surface area contributed by atoms with E-state index < -0.39 is 0 Å². The van der Waals surface area contributed by atoms with Crippen molar-refractivity contribution < 1.29 is 0 Å². The summed E-state index contributed by atoms with van der Waals surface area (Å²) in [6, 6.07) is 3.77. The van der Waals surface area contributed by atoms with Crippen LogP contribution in [0.15, 0.2) is 43.2 Å². The number of rotatable bonds is 6. The lowest BCUT2D eigenvalue weighted by Crippen LogP contribution is -2.34. The molecule has 1 fully saturated rings. The normalized spacial score (nSPS) is 14.5. The molecule has 37 heavy (non-hydrogen) atoms. The van der Waals surface area contributed by atoms with Gasteiger partial charge in [0.15, 0.2) is 11.6 Å². The largest absolute Gasteiger partial charge is 0.341 e. The van der Waals surface area contributed by atoms with Crippen molar-refractivity contribution in [1.82, 2.24) is 54.7 Å². The average molecular weight is 498 g/mol. The molecule has 5 aromatic heterocycles. The zero-order valence-corrected chi connectivity index (χ0v) is 20.9. The fourth-order valence-electron chi connectivity index (χ4n) is 4.54. The molecule has 0 atom stereocenters. The second-order valence-corrected chi connectivity index (χ2v) is 9.44. The molecule has 6 heterocycles. The highest BCUT2D eigenvalue weighted by Crippen LogP contribution is 2.30. The summed E-state index contributed by atoms with van der Waals surface area (Å²) in [7, 11) is 0. The average Bonchev–Trinajstić information content (AvgIpc) is 3.61. The molecule has 188 valence electrons. The Hall–Kier alpha value is -4.55. The molecule has 0 amide bonds. The number of piperidine rings is 1. The van der Waals surface area contributed by atoms with Crippen molar-refractivity contribution in [2.45, 2.75) is 45.4 Å². The van der Waals surface area contributed by atoms with Crippen molar-refractivity contribution in [3.05, 3.63) is 60.3 Å². The van der Waals surface area contributed by atoms with E-state index in [1.807, 2.05) is 42.0 Å². The molecule has 0 bridgehead atoms. The maximum absolute atomic E-state index is 4.59. The summed E-state index contributed by atoms with van der Waals surface area (Å²) in [6.45, 7) is 7.95. The first-order valence-corrected chi connectivity index (χ1v) is 12.3. The van der Waals surface area contributed by atoms with Crippen molar-refractivity contribution in [3.8, 4) is 5.82 Å². The predicted molar refractivity (Wildman–Crippen MR) is 136 cm³/mol. The minimum Gasteiger partial charge on any atom is -0.341 e. The Balaban J connectivity index is 1.18. The van der Waals surface area contributed by atoms with Crippen molar-refractivity contribution in [1.29, 1.82) is 0 Å². The first-order chi connectivity index (χ1) is 18.1. The molecular formula is C24H27N13. The molecule has 0 aromatic carbocycles. The van der Waals surface area contributed by atoms with Gasteiger partial charge in [0.1, 0.15) is 12.2 Å². The predicted octanol–water partition coefficient (Wildman–Crippen LogP) is 2.84. The first kappa shape index (κ1) is 22.9. The van der Waals surface area contributed by atoms with Crippen LogP contribution in [0.4, 0.5) is 17.5 Å². The minimum absolute atomic E-state index is 0.287. The van der Waals surface area contributed by atoms with Crippen LogP contribution in [0.3, 0.4) is 0 Å². The summed E-state index contributed by atoms with van der Waals surface area (Å²) in [6.07, 6.45) is 11.0. The van der Waals surface area contributed by atoms with Crippen molar-refractivity contribution >= 4 is 23.1 Å². The quantitative estimate of drug-likeness (QED) is 0.370. The molecule has 0 radical (unpaired) electrons. The van der Waals surface area contributed by atoms with E-state index >= 15 is 0 Å². The molecule has 1 aliphatic heterocycles. The molecule has 6 rings (SSSR count). The minimum atomic E-state index is 0.287. The van der Waals surface area contributed by atoms with Crippen molar-refractivity contribution in [2.24, 2.45) is 0 Å². The molecule has 13 heteroatoms. The molecule has 0 saturated carbocycles. The molecule has 13 nitrogen and oxygen atoms in total. The van der Waals surface area contributed by atoms with E-state index in [1.165, 1.54) is 11.0 Å². The maximum Gasteiger partial charge on any atom is 0.225 e. The third-order valence-electron chi connectivity index (χ3n) is 6.73. The highest BCUT2D eigenvalue weighted by molar-refractivity contribution is 5.70. The van der Waals surface area contributed by atoms with Gasteiger partial charge >= 0.3 is 0 Å².